The van der Waals surface area contributed by atoms with Crippen LogP contribution in [-0.2, 0) is 6.54 Å². The van der Waals surface area contributed by atoms with Crippen LogP contribution in [0.3, 0.4) is 0 Å². The number of halogens is 2. The molecule has 1 aliphatic heterocycles. The third-order valence-electron chi connectivity index (χ3n) is 4.63. The van der Waals surface area contributed by atoms with E-state index in [0.717, 1.165) is 43.7 Å². The number of fused-ring (bicyclic) bond motifs is 1. The van der Waals surface area contributed by atoms with Gasteiger partial charge in [0.15, 0.2) is 5.65 Å². The van der Waals surface area contributed by atoms with Crippen molar-refractivity contribution in [2.45, 2.75) is 19.4 Å². The third kappa shape index (κ3) is 3.50. The van der Waals surface area contributed by atoms with E-state index in [1.54, 1.807) is 6.07 Å². The molecule has 2 aromatic heterocycles. The van der Waals surface area contributed by atoms with Gasteiger partial charge in [0.25, 0.3) is 6.43 Å². The fraction of sp³-hybridized carbons (Fsp3) is 0.389. The summed E-state index contributed by atoms with van der Waals surface area (Å²) in [6, 6.07) is 13.9. The van der Waals surface area contributed by atoms with E-state index >= 15 is 0 Å². The Morgan fingerprint density at radius 1 is 0.923 bits per heavy atom. The number of alkyl halides is 2. The molecule has 26 heavy (non-hydrogen) atoms. The monoisotopic (exact) mass is 358 g/mol. The zero-order valence-electron chi connectivity index (χ0n) is 14.3. The summed E-state index contributed by atoms with van der Waals surface area (Å²) < 4.78 is 27.2. The fourth-order valence-electron chi connectivity index (χ4n) is 3.30. The van der Waals surface area contributed by atoms with Gasteiger partial charge in [0.1, 0.15) is 5.82 Å². The number of benzene rings is 1. The standard InChI is InChI=1S/C18H20F2N6/c19-17(20)18-22-21-15-7-8-16(23-26(15)18)25-10-4-9-24(11-12-25)13-14-5-2-1-3-6-14/h1-3,5-8,17H,4,9-13H2. The maximum Gasteiger partial charge on any atom is 0.299 e. The summed E-state index contributed by atoms with van der Waals surface area (Å²) in [7, 11) is 0. The van der Waals surface area contributed by atoms with Crippen LogP contribution in [0.5, 0.6) is 0 Å². The van der Waals surface area contributed by atoms with Crippen molar-refractivity contribution >= 4 is 11.5 Å². The maximum atomic E-state index is 13.0. The lowest BCUT2D eigenvalue weighted by Crippen LogP contribution is -2.31. The molecule has 8 heteroatoms. The quantitative estimate of drug-likeness (QED) is 0.718. The molecule has 1 saturated heterocycles. The molecule has 3 heterocycles. The molecule has 0 atom stereocenters. The van der Waals surface area contributed by atoms with E-state index in [1.165, 1.54) is 5.56 Å². The van der Waals surface area contributed by atoms with Gasteiger partial charge in [-0.2, -0.15) is 4.52 Å². The van der Waals surface area contributed by atoms with E-state index in [9.17, 15) is 8.78 Å². The van der Waals surface area contributed by atoms with Crippen LogP contribution in [-0.4, -0.2) is 50.9 Å². The molecule has 1 aliphatic rings. The predicted octanol–water partition coefficient (Wildman–Crippen LogP) is 2.77. The van der Waals surface area contributed by atoms with Crippen molar-refractivity contribution < 1.29 is 8.78 Å². The van der Waals surface area contributed by atoms with E-state index in [1.807, 2.05) is 12.1 Å². The first-order valence-corrected chi connectivity index (χ1v) is 8.72. The maximum absolute atomic E-state index is 13.0. The van der Waals surface area contributed by atoms with Crippen LogP contribution in [0.1, 0.15) is 24.2 Å². The van der Waals surface area contributed by atoms with Crippen LogP contribution >= 0.6 is 0 Å². The van der Waals surface area contributed by atoms with Gasteiger partial charge >= 0.3 is 0 Å². The minimum absolute atomic E-state index is 0.338. The Morgan fingerprint density at radius 2 is 1.77 bits per heavy atom. The third-order valence-corrected chi connectivity index (χ3v) is 4.63. The molecule has 1 aromatic carbocycles. The molecular weight excluding hydrogens is 338 g/mol. The van der Waals surface area contributed by atoms with Crippen LogP contribution in [0.15, 0.2) is 42.5 Å². The molecule has 1 fully saturated rings. The summed E-state index contributed by atoms with van der Waals surface area (Å²) in [5.74, 6) is 0.267. The van der Waals surface area contributed by atoms with Crippen molar-refractivity contribution in [1.82, 2.24) is 24.7 Å². The number of anilines is 1. The SMILES string of the molecule is FC(F)c1nnc2ccc(N3CCCN(Cc4ccccc4)CC3)nn12. The van der Waals surface area contributed by atoms with E-state index in [-0.39, 0.29) is 0 Å². The lowest BCUT2D eigenvalue weighted by Gasteiger charge is -2.22. The number of hydrogen-bond acceptors (Lipinski definition) is 5. The Bertz CT molecular complexity index is 867. The Labute approximate surface area is 150 Å². The second-order valence-corrected chi connectivity index (χ2v) is 6.42. The molecule has 3 aromatic rings. The van der Waals surface area contributed by atoms with Gasteiger partial charge < -0.3 is 4.90 Å². The van der Waals surface area contributed by atoms with E-state index in [2.05, 4.69) is 49.4 Å². The molecule has 0 bridgehead atoms. The molecule has 136 valence electrons. The minimum Gasteiger partial charge on any atom is -0.354 e. The Hall–Kier alpha value is -2.61. The number of hydrogen-bond donors (Lipinski definition) is 0. The summed E-state index contributed by atoms with van der Waals surface area (Å²) in [5, 5.41) is 11.6. The summed E-state index contributed by atoms with van der Waals surface area (Å²) in [6.07, 6.45) is -1.70. The zero-order chi connectivity index (χ0) is 17.9. The molecule has 0 radical (unpaired) electrons. The van der Waals surface area contributed by atoms with Crippen LogP contribution in [0.4, 0.5) is 14.6 Å². The molecular formula is C18H20F2N6. The van der Waals surface area contributed by atoms with Crippen LogP contribution in [0.2, 0.25) is 0 Å². The van der Waals surface area contributed by atoms with Crippen molar-refractivity contribution in [1.29, 1.82) is 0 Å². The average molecular weight is 358 g/mol. The van der Waals surface area contributed by atoms with Gasteiger partial charge in [0, 0.05) is 32.7 Å². The van der Waals surface area contributed by atoms with E-state index in [4.69, 9.17) is 0 Å². The van der Waals surface area contributed by atoms with Crippen molar-refractivity contribution in [3.8, 4) is 0 Å². The summed E-state index contributed by atoms with van der Waals surface area (Å²) in [5.41, 5.74) is 1.64. The molecule has 4 rings (SSSR count). The molecule has 0 unspecified atom stereocenters. The highest BCUT2D eigenvalue weighted by atomic mass is 19.3. The molecule has 0 saturated carbocycles. The zero-order valence-corrected chi connectivity index (χ0v) is 14.3. The van der Waals surface area contributed by atoms with Gasteiger partial charge in [0.2, 0.25) is 5.82 Å². The van der Waals surface area contributed by atoms with E-state index in [0.29, 0.717) is 11.5 Å². The van der Waals surface area contributed by atoms with Crippen LogP contribution in [0.25, 0.3) is 5.65 Å². The highest BCUT2D eigenvalue weighted by Gasteiger charge is 2.20. The first-order valence-electron chi connectivity index (χ1n) is 8.72. The second kappa shape index (κ2) is 7.33. The smallest absolute Gasteiger partial charge is 0.299 e. The van der Waals surface area contributed by atoms with Crippen molar-refractivity contribution in [2.24, 2.45) is 0 Å². The normalized spacial score (nSPS) is 16.3. The van der Waals surface area contributed by atoms with Crippen molar-refractivity contribution in [3.63, 3.8) is 0 Å². The van der Waals surface area contributed by atoms with Gasteiger partial charge in [0.05, 0.1) is 0 Å². The highest BCUT2D eigenvalue weighted by molar-refractivity contribution is 5.46. The number of nitrogens with zero attached hydrogens (tertiary/aromatic N) is 6. The van der Waals surface area contributed by atoms with E-state index < -0.39 is 12.2 Å². The van der Waals surface area contributed by atoms with Crippen LogP contribution in [0, 0.1) is 0 Å². The van der Waals surface area contributed by atoms with Gasteiger partial charge in [-0.15, -0.1) is 15.3 Å². The first-order chi connectivity index (χ1) is 12.7. The molecule has 0 spiro atoms. The molecule has 0 N–H and O–H groups in total. The topological polar surface area (TPSA) is 49.6 Å². The second-order valence-electron chi connectivity index (χ2n) is 6.42. The largest absolute Gasteiger partial charge is 0.354 e. The van der Waals surface area contributed by atoms with Gasteiger partial charge in [-0.1, -0.05) is 30.3 Å². The minimum atomic E-state index is -2.70. The lowest BCUT2D eigenvalue weighted by atomic mass is 10.2. The van der Waals surface area contributed by atoms with Crippen molar-refractivity contribution in [2.75, 3.05) is 31.1 Å². The fourth-order valence-corrected chi connectivity index (χ4v) is 3.30. The van der Waals surface area contributed by atoms with Crippen molar-refractivity contribution in [3.05, 3.63) is 53.9 Å². The Morgan fingerprint density at radius 3 is 2.58 bits per heavy atom. The van der Waals surface area contributed by atoms with Gasteiger partial charge in [-0.25, -0.2) is 8.78 Å². The molecule has 0 amide bonds. The molecule has 0 aliphatic carbocycles. The Balaban J connectivity index is 1.48. The van der Waals surface area contributed by atoms with Gasteiger partial charge in [-0.05, 0) is 24.1 Å². The number of rotatable bonds is 4. The predicted molar refractivity (Wildman–Crippen MR) is 94.3 cm³/mol. The number of aromatic nitrogens is 4. The summed E-state index contributed by atoms with van der Waals surface area (Å²) in [4.78, 5) is 4.55. The summed E-state index contributed by atoms with van der Waals surface area (Å²) in [6.45, 7) is 4.47. The Kier molecular flexibility index (Phi) is 4.75. The van der Waals surface area contributed by atoms with Gasteiger partial charge in [-0.3, -0.25) is 4.90 Å². The average Bonchev–Trinajstić information content (AvgIpc) is 2.95. The lowest BCUT2D eigenvalue weighted by molar-refractivity contribution is 0.137. The highest BCUT2D eigenvalue weighted by Crippen LogP contribution is 2.20. The van der Waals surface area contributed by atoms with Crippen LogP contribution < -0.4 is 4.90 Å². The summed E-state index contributed by atoms with van der Waals surface area (Å²) >= 11 is 0. The first kappa shape index (κ1) is 16.8. The molecule has 6 nitrogen and oxygen atoms in total.